The lowest BCUT2D eigenvalue weighted by Gasteiger charge is -2.22. The smallest absolute Gasteiger partial charge is 0.272 e. The first-order valence-corrected chi connectivity index (χ1v) is 10.4. The second-order valence-electron chi connectivity index (χ2n) is 7.55. The minimum Gasteiger partial charge on any atom is -0.493 e. The fourth-order valence-electron chi connectivity index (χ4n) is 3.97. The van der Waals surface area contributed by atoms with E-state index in [9.17, 15) is 4.79 Å². The summed E-state index contributed by atoms with van der Waals surface area (Å²) in [4.78, 5) is 13.2. The molecule has 1 aliphatic carbocycles. The molecule has 1 aromatic heterocycles. The van der Waals surface area contributed by atoms with Gasteiger partial charge < -0.3 is 14.8 Å². The molecule has 1 amide bonds. The van der Waals surface area contributed by atoms with Crippen LogP contribution in [0.15, 0.2) is 54.7 Å². The van der Waals surface area contributed by atoms with Crippen molar-refractivity contribution in [2.24, 2.45) is 0 Å². The van der Waals surface area contributed by atoms with Crippen molar-refractivity contribution in [1.29, 1.82) is 0 Å². The lowest BCUT2D eigenvalue weighted by Crippen LogP contribution is -2.36. The first-order valence-electron chi connectivity index (χ1n) is 10.4. The number of para-hydroxylation sites is 1. The molecule has 0 atom stereocenters. The highest BCUT2D eigenvalue weighted by Crippen LogP contribution is 2.34. The van der Waals surface area contributed by atoms with E-state index in [-0.39, 0.29) is 11.9 Å². The number of benzene rings is 2. The standard InChI is InChI=1S/C24H27N3O3/c1-29-21-14-13-17(15-22(21)30-2)20-16-27(19-11-7-4-8-12-19)26-23(20)24(28)25-18-9-5-3-6-10-18/h4,7-8,11-16,18H,3,5-6,9-10H2,1-2H3,(H,25,28). The van der Waals surface area contributed by atoms with E-state index in [0.29, 0.717) is 17.2 Å². The van der Waals surface area contributed by atoms with Crippen molar-refractivity contribution >= 4 is 5.91 Å². The normalized spacial score (nSPS) is 14.3. The van der Waals surface area contributed by atoms with Crippen LogP contribution in [0.1, 0.15) is 42.6 Å². The number of ether oxygens (including phenoxy) is 2. The van der Waals surface area contributed by atoms with Crippen LogP contribution in [0.2, 0.25) is 0 Å². The lowest BCUT2D eigenvalue weighted by atomic mass is 9.95. The summed E-state index contributed by atoms with van der Waals surface area (Å²) in [6.07, 6.45) is 7.50. The van der Waals surface area contributed by atoms with Crippen LogP contribution in [0.4, 0.5) is 0 Å². The molecule has 1 N–H and O–H groups in total. The van der Waals surface area contributed by atoms with Crippen LogP contribution in [0, 0.1) is 0 Å². The zero-order valence-electron chi connectivity index (χ0n) is 17.4. The van der Waals surface area contributed by atoms with E-state index in [1.54, 1.807) is 18.9 Å². The molecule has 30 heavy (non-hydrogen) atoms. The van der Waals surface area contributed by atoms with Gasteiger partial charge in [0.25, 0.3) is 5.91 Å². The predicted molar refractivity (Wildman–Crippen MR) is 116 cm³/mol. The van der Waals surface area contributed by atoms with Gasteiger partial charge in [-0.25, -0.2) is 4.68 Å². The first kappa shape index (κ1) is 20.0. The Bertz CT molecular complexity index is 1010. The van der Waals surface area contributed by atoms with Crippen LogP contribution in [0.3, 0.4) is 0 Å². The summed E-state index contributed by atoms with van der Waals surface area (Å²) in [6.45, 7) is 0. The Morgan fingerprint density at radius 2 is 1.73 bits per heavy atom. The number of aromatic nitrogens is 2. The third-order valence-electron chi connectivity index (χ3n) is 5.58. The molecule has 0 radical (unpaired) electrons. The number of hydrogen-bond acceptors (Lipinski definition) is 4. The minimum absolute atomic E-state index is 0.138. The third-order valence-corrected chi connectivity index (χ3v) is 5.58. The van der Waals surface area contributed by atoms with Gasteiger partial charge >= 0.3 is 0 Å². The molecule has 1 aliphatic rings. The van der Waals surface area contributed by atoms with Gasteiger partial charge in [0.15, 0.2) is 17.2 Å². The summed E-state index contributed by atoms with van der Waals surface area (Å²) >= 11 is 0. The number of amides is 1. The maximum absolute atomic E-state index is 13.2. The van der Waals surface area contributed by atoms with Crippen LogP contribution in [0.5, 0.6) is 11.5 Å². The third kappa shape index (κ3) is 4.17. The monoisotopic (exact) mass is 405 g/mol. The van der Waals surface area contributed by atoms with Crippen LogP contribution < -0.4 is 14.8 Å². The topological polar surface area (TPSA) is 65.4 Å². The average molecular weight is 405 g/mol. The summed E-state index contributed by atoms with van der Waals surface area (Å²) in [6, 6.07) is 15.7. The van der Waals surface area contributed by atoms with Gasteiger partial charge in [0, 0.05) is 17.8 Å². The SMILES string of the molecule is COc1ccc(-c2cn(-c3ccccc3)nc2C(=O)NC2CCCCC2)cc1OC. The van der Waals surface area contributed by atoms with Crippen molar-refractivity contribution in [1.82, 2.24) is 15.1 Å². The average Bonchev–Trinajstić information content (AvgIpc) is 3.25. The van der Waals surface area contributed by atoms with Crippen molar-refractivity contribution in [3.63, 3.8) is 0 Å². The molecule has 0 bridgehead atoms. The van der Waals surface area contributed by atoms with E-state index in [4.69, 9.17) is 9.47 Å². The van der Waals surface area contributed by atoms with Gasteiger partial charge in [-0.1, -0.05) is 43.5 Å². The number of methoxy groups -OCH3 is 2. The summed E-state index contributed by atoms with van der Waals surface area (Å²) in [5, 5.41) is 7.84. The molecule has 1 heterocycles. The fraction of sp³-hybridized carbons (Fsp3) is 0.333. The Hall–Kier alpha value is -3.28. The Labute approximate surface area is 176 Å². The van der Waals surface area contributed by atoms with Crippen LogP contribution >= 0.6 is 0 Å². The van der Waals surface area contributed by atoms with Gasteiger partial charge in [0.05, 0.1) is 19.9 Å². The van der Waals surface area contributed by atoms with Gasteiger partial charge in [-0.15, -0.1) is 0 Å². The molecule has 3 aromatic rings. The molecule has 156 valence electrons. The molecule has 1 saturated carbocycles. The highest BCUT2D eigenvalue weighted by atomic mass is 16.5. The Morgan fingerprint density at radius 1 is 1.00 bits per heavy atom. The number of rotatable bonds is 6. The molecular formula is C24H27N3O3. The van der Waals surface area contributed by atoms with Gasteiger partial charge in [-0.05, 0) is 42.7 Å². The summed E-state index contributed by atoms with van der Waals surface area (Å²) in [5.74, 6) is 1.12. The molecule has 6 heteroatoms. The number of carbonyl (C=O) groups is 1. The van der Waals surface area contributed by atoms with Gasteiger partial charge in [-0.2, -0.15) is 5.10 Å². The molecule has 0 spiro atoms. The van der Waals surface area contributed by atoms with Crippen molar-refractivity contribution < 1.29 is 14.3 Å². The van der Waals surface area contributed by atoms with Gasteiger partial charge in [0.2, 0.25) is 0 Å². The number of nitrogens with zero attached hydrogens (tertiary/aromatic N) is 2. The van der Waals surface area contributed by atoms with Crippen LogP contribution in [-0.2, 0) is 0 Å². The van der Waals surface area contributed by atoms with Crippen molar-refractivity contribution in [2.45, 2.75) is 38.1 Å². The molecular weight excluding hydrogens is 378 g/mol. The minimum atomic E-state index is -0.138. The summed E-state index contributed by atoms with van der Waals surface area (Å²) < 4.78 is 12.6. The summed E-state index contributed by atoms with van der Waals surface area (Å²) in [7, 11) is 3.21. The number of hydrogen-bond donors (Lipinski definition) is 1. The molecule has 0 unspecified atom stereocenters. The number of carbonyl (C=O) groups excluding carboxylic acids is 1. The Kier molecular flexibility index (Phi) is 6.02. The van der Waals surface area contributed by atoms with Gasteiger partial charge in [-0.3, -0.25) is 4.79 Å². The molecule has 1 fully saturated rings. The summed E-state index contributed by atoms with van der Waals surface area (Å²) in [5.41, 5.74) is 2.92. The zero-order chi connectivity index (χ0) is 20.9. The van der Waals surface area contributed by atoms with E-state index >= 15 is 0 Å². The Morgan fingerprint density at radius 3 is 2.43 bits per heavy atom. The molecule has 2 aromatic carbocycles. The number of nitrogens with one attached hydrogen (secondary N) is 1. The molecule has 0 saturated heterocycles. The second kappa shape index (κ2) is 9.03. The fourth-order valence-corrected chi connectivity index (χ4v) is 3.97. The predicted octanol–water partition coefficient (Wildman–Crippen LogP) is 4.62. The first-order chi connectivity index (χ1) is 14.7. The van der Waals surface area contributed by atoms with E-state index in [2.05, 4.69) is 10.4 Å². The highest BCUT2D eigenvalue weighted by molar-refractivity contribution is 5.99. The quantitative estimate of drug-likeness (QED) is 0.650. The van der Waals surface area contributed by atoms with Crippen molar-refractivity contribution in [3.05, 3.63) is 60.4 Å². The van der Waals surface area contributed by atoms with E-state index < -0.39 is 0 Å². The van der Waals surface area contributed by atoms with Crippen LogP contribution in [-0.4, -0.2) is 35.9 Å². The molecule has 6 nitrogen and oxygen atoms in total. The van der Waals surface area contributed by atoms with E-state index in [1.807, 2.05) is 54.7 Å². The lowest BCUT2D eigenvalue weighted by molar-refractivity contribution is 0.0923. The maximum atomic E-state index is 13.2. The zero-order valence-corrected chi connectivity index (χ0v) is 17.4. The Balaban J connectivity index is 1.74. The molecule has 4 rings (SSSR count). The van der Waals surface area contributed by atoms with Crippen molar-refractivity contribution in [2.75, 3.05) is 14.2 Å². The maximum Gasteiger partial charge on any atom is 0.272 e. The largest absolute Gasteiger partial charge is 0.493 e. The highest BCUT2D eigenvalue weighted by Gasteiger charge is 2.23. The second-order valence-corrected chi connectivity index (χ2v) is 7.55. The van der Waals surface area contributed by atoms with E-state index in [1.165, 1.54) is 6.42 Å². The molecule has 0 aliphatic heterocycles. The van der Waals surface area contributed by atoms with Crippen molar-refractivity contribution in [3.8, 4) is 28.3 Å². The van der Waals surface area contributed by atoms with Crippen LogP contribution in [0.25, 0.3) is 16.8 Å². The van der Waals surface area contributed by atoms with Gasteiger partial charge in [0.1, 0.15) is 0 Å². The van der Waals surface area contributed by atoms with E-state index in [0.717, 1.165) is 42.5 Å².